The SMILES string of the molecule is CCCCCCC1CCC1CC. The van der Waals surface area contributed by atoms with Crippen LogP contribution in [0.2, 0.25) is 0 Å². The van der Waals surface area contributed by atoms with E-state index in [1.165, 1.54) is 51.4 Å². The fraction of sp³-hybridized carbons (Fsp3) is 1.00. The van der Waals surface area contributed by atoms with E-state index in [0.717, 1.165) is 11.8 Å². The van der Waals surface area contributed by atoms with Crippen LogP contribution in [0.4, 0.5) is 0 Å². The molecule has 72 valence electrons. The standard InChI is InChI=1S/C12H24/c1-3-5-6-7-8-12-10-9-11(12)4-2/h11-12H,3-10H2,1-2H3. The lowest BCUT2D eigenvalue weighted by Gasteiger charge is -2.36. The lowest BCUT2D eigenvalue weighted by molar-refractivity contribution is 0.155. The van der Waals surface area contributed by atoms with Crippen LogP contribution in [-0.4, -0.2) is 0 Å². The molecule has 2 unspecified atom stereocenters. The summed E-state index contributed by atoms with van der Waals surface area (Å²) in [6, 6.07) is 0. The average Bonchev–Trinajstić information content (AvgIpc) is 2.03. The van der Waals surface area contributed by atoms with Crippen molar-refractivity contribution in [2.24, 2.45) is 11.8 Å². The van der Waals surface area contributed by atoms with Gasteiger partial charge >= 0.3 is 0 Å². The first-order chi connectivity index (χ1) is 5.88. The molecular weight excluding hydrogens is 144 g/mol. The van der Waals surface area contributed by atoms with Crippen LogP contribution < -0.4 is 0 Å². The van der Waals surface area contributed by atoms with Gasteiger partial charge in [-0.15, -0.1) is 0 Å². The Hall–Kier alpha value is 0. The molecule has 12 heavy (non-hydrogen) atoms. The van der Waals surface area contributed by atoms with Crippen LogP contribution in [0.3, 0.4) is 0 Å². The zero-order valence-electron chi connectivity index (χ0n) is 8.81. The quantitative estimate of drug-likeness (QED) is 0.516. The second-order valence-corrected chi connectivity index (χ2v) is 4.36. The van der Waals surface area contributed by atoms with Gasteiger partial charge in [0.05, 0.1) is 0 Å². The molecule has 0 bridgehead atoms. The average molecular weight is 168 g/mol. The van der Waals surface area contributed by atoms with E-state index in [4.69, 9.17) is 0 Å². The van der Waals surface area contributed by atoms with Crippen molar-refractivity contribution >= 4 is 0 Å². The van der Waals surface area contributed by atoms with E-state index in [1.54, 1.807) is 0 Å². The second kappa shape index (κ2) is 5.61. The molecule has 0 aromatic rings. The summed E-state index contributed by atoms with van der Waals surface area (Å²) in [5.41, 5.74) is 0. The topological polar surface area (TPSA) is 0 Å². The largest absolute Gasteiger partial charge is 0.0654 e. The molecule has 1 rings (SSSR count). The molecule has 0 aromatic heterocycles. The molecular formula is C12H24. The lowest BCUT2D eigenvalue weighted by Crippen LogP contribution is -2.24. The van der Waals surface area contributed by atoms with Gasteiger partial charge in [0.1, 0.15) is 0 Å². The molecule has 0 aliphatic heterocycles. The third kappa shape index (κ3) is 2.80. The summed E-state index contributed by atoms with van der Waals surface area (Å²) in [6.07, 6.45) is 11.8. The Morgan fingerprint density at radius 2 is 1.67 bits per heavy atom. The molecule has 1 saturated carbocycles. The van der Waals surface area contributed by atoms with Crippen molar-refractivity contribution < 1.29 is 0 Å². The van der Waals surface area contributed by atoms with Crippen molar-refractivity contribution in [3.05, 3.63) is 0 Å². The van der Waals surface area contributed by atoms with E-state index < -0.39 is 0 Å². The van der Waals surface area contributed by atoms with E-state index in [1.807, 2.05) is 0 Å². The maximum absolute atomic E-state index is 2.35. The third-order valence-corrected chi connectivity index (χ3v) is 3.53. The van der Waals surface area contributed by atoms with Crippen LogP contribution in [-0.2, 0) is 0 Å². The van der Waals surface area contributed by atoms with Crippen LogP contribution in [0.5, 0.6) is 0 Å². The van der Waals surface area contributed by atoms with Crippen molar-refractivity contribution in [3.63, 3.8) is 0 Å². The Kier molecular flexibility index (Phi) is 4.72. The predicted molar refractivity (Wildman–Crippen MR) is 55.3 cm³/mol. The van der Waals surface area contributed by atoms with E-state index >= 15 is 0 Å². The van der Waals surface area contributed by atoms with Gasteiger partial charge in [-0.3, -0.25) is 0 Å². The van der Waals surface area contributed by atoms with Gasteiger partial charge in [-0.2, -0.15) is 0 Å². The zero-order chi connectivity index (χ0) is 8.81. The third-order valence-electron chi connectivity index (χ3n) is 3.53. The summed E-state index contributed by atoms with van der Waals surface area (Å²) in [5.74, 6) is 2.22. The van der Waals surface area contributed by atoms with Crippen molar-refractivity contribution in [2.45, 2.75) is 65.2 Å². The molecule has 0 heterocycles. The number of hydrogen-bond donors (Lipinski definition) is 0. The molecule has 0 aromatic carbocycles. The van der Waals surface area contributed by atoms with Gasteiger partial charge in [0.15, 0.2) is 0 Å². The van der Waals surface area contributed by atoms with Crippen LogP contribution in [0, 0.1) is 11.8 Å². The molecule has 0 amide bonds. The summed E-state index contributed by atoms with van der Waals surface area (Å²) in [7, 11) is 0. The highest BCUT2D eigenvalue weighted by Gasteiger charge is 2.27. The van der Waals surface area contributed by atoms with Gasteiger partial charge in [-0.1, -0.05) is 52.4 Å². The van der Waals surface area contributed by atoms with Gasteiger partial charge in [0, 0.05) is 0 Å². The molecule has 0 heteroatoms. The van der Waals surface area contributed by atoms with E-state index in [2.05, 4.69) is 13.8 Å². The highest BCUT2D eigenvalue weighted by atomic mass is 14.3. The van der Waals surface area contributed by atoms with E-state index in [-0.39, 0.29) is 0 Å². The van der Waals surface area contributed by atoms with Gasteiger partial charge in [-0.25, -0.2) is 0 Å². The Balaban J connectivity index is 1.93. The Morgan fingerprint density at radius 3 is 2.17 bits per heavy atom. The van der Waals surface area contributed by atoms with Crippen LogP contribution >= 0.6 is 0 Å². The molecule has 1 aliphatic carbocycles. The first-order valence-electron chi connectivity index (χ1n) is 5.88. The smallest absolute Gasteiger partial charge is 0.0386 e. The summed E-state index contributed by atoms with van der Waals surface area (Å²) in [6.45, 7) is 4.64. The Bertz CT molecular complexity index is 105. The van der Waals surface area contributed by atoms with Crippen LogP contribution in [0.1, 0.15) is 65.2 Å². The predicted octanol–water partition coefficient (Wildman–Crippen LogP) is 4.39. The fourth-order valence-corrected chi connectivity index (χ4v) is 2.39. The molecule has 2 atom stereocenters. The molecule has 0 nitrogen and oxygen atoms in total. The van der Waals surface area contributed by atoms with Crippen molar-refractivity contribution in [1.82, 2.24) is 0 Å². The lowest BCUT2D eigenvalue weighted by atomic mass is 9.70. The van der Waals surface area contributed by atoms with Crippen LogP contribution in [0.15, 0.2) is 0 Å². The minimum absolute atomic E-state index is 1.10. The minimum atomic E-state index is 1.10. The van der Waals surface area contributed by atoms with Gasteiger partial charge < -0.3 is 0 Å². The number of hydrogen-bond acceptors (Lipinski definition) is 0. The summed E-state index contributed by atoms with van der Waals surface area (Å²) in [5, 5.41) is 0. The Labute approximate surface area is 77.7 Å². The molecule has 0 radical (unpaired) electrons. The number of unbranched alkanes of at least 4 members (excludes halogenated alkanes) is 3. The first-order valence-corrected chi connectivity index (χ1v) is 5.88. The molecule has 0 spiro atoms. The zero-order valence-corrected chi connectivity index (χ0v) is 8.81. The Morgan fingerprint density at radius 1 is 0.917 bits per heavy atom. The van der Waals surface area contributed by atoms with Crippen molar-refractivity contribution in [1.29, 1.82) is 0 Å². The van der Waals surface area contributed by atoms with Crippen LogP contribution in [0.25, 0.3) is 0 Å². The molecule has 0 N–H and O–H groups in total. The monoisotopic (exact) mass is 168 g/mol. The molecule has 1 fully saturated rings. The fourth-order valence-electron chi connectivity index (χ4n) is 2.39. The van der Waals surface area contributed by atoms with Gasteiger partial charge in [0.2, 0.25) is 0 Å². The molecule has 1 aliphatic rings. The highest BCUT2D eigenvalue weighted by Crippen LogP contribution is 2.39. The maximum atomic E-state index is 2.35. The highest BCUT2D eigenvalue weighted by molar-refractivity contribution is 4.79. The van der Waals surface area contributed by atoms with Crippen molar-refractivity contribution in [2.75, 3.05) is 0 Å². The normalized spacial score (nSPS) is 28.5. The maximum Gasteiger partial charge on any atom is -0.0386 e. The van der Waals surface area contributed by atoms with Crippen molar-refractivity contribution in [3.8, 4) is 0 Å². The van der Waals surface area contributed by atoms with E-state index in [0.29, 0.717) is 0 Å². The molecule has 0 saturated heterocycles. The van der Waals surface area contributed by atoms with E-state index in [9.17, 15) is 0 Å². The van der Waals surface area contributed by atoms with Gasteiger partial charge in [0.25, 0.3) is 0 Å². The summed E-state index contributed by atoms with van der Waals surface area (Å²) >= 11 is 0. The minimum Gasteiger partial charge on any atom is -0.0654 e. The van der Waals surface area contributed by atoms with Gasteiger partial charge in [-0.05, 0) is 24.7 Å². The summed E-state index contributed by atoms with van der Waals surface area (Å²) in [4.78, 5) is 0. The number of rotatable bonds is 6. The summed E-state index contributed by atoms with van der Waals surface area (Å²) < 4.78 is 0. The first kappa shape index (κ1) is 10.1. The second-order valence-electron chi connectivity index (χ2n) is 4.36.